The fourth-order valence-corrected chi connectivity index (χ4v) is 1.25. The van der Waals surface area contributed by atoms with Gasteiger partial charge in [0.2, 0.25) is 0 Å². The molecular weight excluding hydrogens is 226 g/mol. The molecule has 1 aromatic rings. The number of carbonyl (C=O) groups is 2. The zero-order chi connectivity index (χ0) is 12.8. The van der Waals surface area contributed by atoms with Crippen molar-refractivity contribution in [2.24, 2.45) is 5.92 Å². The van der Waals surface area contributed by atoms with Crippen molar-refractivity contribution in [3.63, 3.8) is 0 Å². The summed E-state index contributed by atoms with van der Waals surface area (Å²) < 4.78 is 4.87. The van der Waals surface area contributed by atoms with Gasteiger partial charge in [-0.2, -0.15) is 0 Å². The summed E-state index contributed by atoms with van der Waals surface area (Å²) in [6.45, 7) is 1.51. The molecular formula is C11H11NO5. The van der Waals surface area contributed by atoms with E-state index in [-0.39, 0.29) is 12.2 Å². The summed E-state index contributed by atoms with van der Waals surface area (Å²) in [5, 5.41) is 10.3. The van der Waals surface area contributed by atoms with Crippen LogP contribution in [0.15, 0.2) is 30.3 Å². The molecule has 90 valence electrons. The van der Waals surface area contributed by atoms with Crippen LogP contribution in [0.5, 0.6) is 5.75 Å². The minimum atomic E-state index is -1.36. The molecule has 0 spiro atoms. The number of hydrogen-bond acceptors (Lipinski definition) is 5. The van der Waals surface area contributed by atoms with Crippen LogP contribution in [0.25, 0.3) is 0 Å². The fourth-order valence-electron chi connectivity index (χ4n) is 1.25. The second kappa shape index (κ2) is 5.74. The van der Waals surface area contributed by atoms with Gasteiger partial charge in [-0.05, 0) is 18.6 Å². The van der Waals surface area contributed by atoms with Gasteiger partial charge in [-0.15, -0.1) is 0 Å². The summed E-state index contributed by atoms with van der Waals surface area (Å²) >= 11 is 0. The number of nitrogens with zero attached hydrogens (tertiary/aromatic N) is 1. The van der Waals surface area contributed by atoms with E-state index in [1.165, 1.54) is 19.1 Å². The van der Waals surface area contributed by atoms with Gasteiger partial charge in [0, 0.05) is 0 Å². The SMILES string of the molecule is CCC(C(=O)Oc1ccccc1)C(=O)[N+](=O)[O-]. The predicted molar refractivity (Wildman–Crippen MR) is 57.9 cm³/mol. The first kappa shape index (κ1) is 12.8. The van der Waals surface area contributed by atoms with Gasteiger partial charge >= 0.3 is 11.9 Å². The molecule has 0 fully saturated rings. The van der Waals surface area contributed by atoms with Crippen molar-refractivity contribution in [2.45, 2.75) is 13.3 Å². The minimum Gasteiger partial charge on any atom is -0.426 e. The highest BCUT2D eigenvalue weighted by molar-refractivity contribution is 5.94. The normalized spacial score (nSPS) is 11.6. The third-order valence-corrected chi connectivity index (χ3v) is 2.13. The molecule has 1 aromatic carbocycles. The van der Waals surface area contributed by atoms with E-state index in [1.807, 2.05) is 0 Å². The lowest BCUT2D eigenvalue weighted by atomic mass is 10.1. The molecule has 1 amide bonds. The van der Waals surface area contributed by atoms with E-state index in [0.717, 1.165) is 0 Å². The number of benzene rings is 1. The average Bonchev–Trinajstić information content (AvgIpc) is 2.30. The highest BCUT2D eigenvalue weighted by atomic mass is 16.6. The molecule has 0 N–H and O–H groups in total. The summed E-state index contributed by atoms with van der Waals surface area (Å²) in [6.07, 6.45) is 0.0332. The molecule has 1 atom stereocenters. The van der Waals surface area contributed by atoms with Crippen LogP contribution in [0.1, 0.15) is 13.3 Å². The maximum absolute atomic E-state index is 11.5. The smallest absolute Gasteiger partial charge is 0.426 e. The monoisotopic (exact) mass is 237 g/mol. The summed E-state index contributed by atoms with van der Waals surface area (Å²) in [5.41, 5.74) is 0. The molecule has 0 aliphatic heterocycles. The molecule has 6 nitrogen and oxygen atoms in total. The van der Waals surface area contributed by atoms with Gasteiger partial charge in [-0.1, -0.05) is 25.1 Å². The van der Waals surface area contributed by atoms with E-state index in [4.69, 9.17) is 4.74 Å². The second-order valence-corrected chi connectivity index (χ2v) is 3.29. The van der Waals surface area contributed by atoms with Gasteiger partial charge in [0.05, 0.1) is 0 Å². The Labute approximate surface area is 97.3 Å². The molecule has 0 saturated heterocycles. The third kappa shape index (κ3) is 3.37. The van der Waals surface area contributed by atoms with E-state index >= 15 is 0 Å². The van der Waals surface area contributed by atoms with Crippen molar-refractivity contribution in [1.29, 1.82) is 0 Å². The maximum Gasteiger partial charge on any atom is 0.458 e. The van der Waals surface area contributed by atoms with Gasteiger partial charge in [0.25, 0.3) is 0 Å². The number of esters is 1. The Kier molecular flexibility index (Phi) is 4.33. The Hall–Kier alpha value is -2.24. The van der Waals surface area contributed by atoms with Crippen LogP contribution in [0.2, 0.25) is 0 Å². The molecule has 0 bridgehead atoms. The van der Waals surface area contributed by atoms with Crippen LogP contribution in [-0.4, -0.2) is 16.8 Å². The number of ether oxygens (including phenoxy) is 1. The van der Waals surface area contributed by atoms with Crippen molar-refractivity contribution >= 4 is 11.9 Å². The van der Waals surface area contributed by atoms with Crippen LogP contribution < -0.4 is 4.74 Å². The van der Waals surface area contributed by atoms with Crippen LogP contribution >= 0.6 is 0 Å². The van der Waals surface area contributed by atoms with Gasteiger partial charge in [0.1, 0.15) is 10.7 Å². The highest BCUT2D eigenvalue weighted by Gasteiger charge is 2.35. The third-order valence-electron chi connectivity index (χ3n) is 2.13. The molecule has 0 aromatic heterocycles. The average molecular weight is 237 g/mol. The molecule has 1 rings (SSSR count). The Morgan fingerprint density at radius 2 is 1.94 bits per heavy atom. The first-order valence-corrected chi connectivity index (χ1v) is 5.01. The quantitative estimate of drug-likeness (QED) is 0.260. The van der Waals surface area contributed by atoms with Gasteiger partial charge in [-0.3, -0.25) is 14.9 Å². The standard InChI is InChI=1S/C11H11NO5/c1-2-9(10(13)12(15)16)11(14)17-8-6-4-3-5-7-8/h3-7,9H,2H2,1H3. The lowest BCUT2D eigenvalue weighted by Gasteiger charge is -2.08. The largest absolute Gasteiger partial charge is 0.458 e. The van der Waals surface area contributed by atoms with Crippen LogP contribution in [0.3, 0.4) is 0 Å². The Morgan fingerprint density at radius 3 is 2.41 bits per heavy atom. The molecule has 17 heavy (non-hydrogen) atoms. The second-order valence-electron chi connectivity index (χ2n) is 3.29. The zero-order valence-corrected chi connectivity index (χ0v) is 9.16. The molecule has 0 saturated carbocycles. The summed E-state index contributed by atoms with van der Waals surface area (Å²) in [7, 11) is 0. The van der Waals surface area contributed by atoms with Crippen molar-refractivity contribution in [1.82, 2.24) is 0 Å². The summed E-state index contributed by atoms with van der Waals surface area (Å²) in [5.74, 6) is -3.34. The van der Waals surface area contributed by atoms with Gasteiger partial charge < -0.3 is 4.74 Å². The highest BCUT2D eigenvalue weighted by Crippen LogP contribution is 2.13. The lowest BCUT2D eigenvalue weighted by molar-refractivity contribution is -0.405. The Bertz CT molecular complexity index is 429. The first-order chi connectivity index (χ1) is 8.06. The van der Waals surface area contributed by atoms with Gasteiger partial charge in [0.15, 0.2) is 5.92 Å². The van der Waals surface area contributed by atoms with Crippen molar-refractivity contribution in [3.05, 3.63) is 40.4 Å². The van der Waals surface area contributed by atoms with E-state index in [0.29, 0.717) is 0 Å². The fraction of sp³-hybridized carbons (Fsp3) is 0.273. The van der Waals surface area contributed by atoms with E-state index in [9.17, 15) is 19.7 Å². The van der Waals surface area contributed by atoms with Crippen molar-refractivity contribution in [3.8, 4) is 5.75 Å². The Balaban J connectivity index is 2.75. The number of hydrogen-bond donors (Lipinski definition) is 0. The predicted octanol–water partition coefficient (Wildman–Crippen LogP) is 1.42. The van der Waals surface area contributed by atoms with Crippen molar-refractivity contribution < 1.29 is 19.2 Å². The van der Waals surface area contributed by atoms with E-state index < -0.39 is 22.7 Å². The van der Waals surface area contributed by atoms with Crippen LogP contribution in [0, 0.1) is 16.0 Å². The van der Waals surface area contributed by atoms with Crippen molar-refractivity contribution in [2.75, 3.05) is 0 Å². The number of amides is 1. The number of rotatable bonds is 4. The summed E-state index contributed by atoms with van der Waals surface area (Å²) in [4.78, 5) is 31.9. The molecule has 0 aliphatic rings. The first-order valence-electron chi connectivity index (χ1n) is 5.01. The number of para-hydroxylation sites is 1. The number of nitro groups is 1. The topological polar surface area (TPSA) is 86.5 Å². The Morgan fingerprint density at radius 1 is 1.35 bits per heavy atom. The summed E-state index contributed by atoms with van der Waals surface area (Å²) in [6, 6.07) is 8.09. The number of carbonyl (C=O) groups excluding carboxylic acids is 2. The lowest BCUT2D eigenvalue weighted by Crippen LogP contribution is -2.32. The zero-order valence-electron chi connectivity index (χ0n) is 9.16. The minimum absolute atomic E-state index is 0.0332. The maximum atomic E-state index is 11.5. The van der Waals surface area contributed by atoms with Gasteiger partial charge in [-0.25, -0.2) is 4.79 Å². The van der Waals surface area contributed by atoms with Crippen LogP contribution in [-0.2, 0) is 9.59 Å². The van der Waals surface area contributed by atoms with E-state index in [2.05, 4.69) is 0 Å². The van der Waals surface area contributed by atoms with Crippen LogP contribution in [0.4, 0.5) is 0 Å². The molecule has 0 heterocycles. The molecule has 6 heteroatoms. The molecule has 0 radical (unpaired) electrons. The molecule has 0 aliphatic carbocycles. The molecule has 1 unspecified atom stereocenters. The van der Waals surface area contributed by atoms with E-state index in [1.54, 1.807) is 18.2 Å².